The van der Waals surface area contributed by atoms with E-state index in [4.69, 9.17) is 9.47 Å². The van der Waals surface area contributed by atoms with Gasteiger partial charge in [0.15, 0.2) is 46.5 Å². The molecule has 16 aromatic rings. The van der Waals surface area contributed by atoms with Gasteiger partial charge in [-0.1, -0.05) is 195 Å². The summed E-state index contributed by atoms with van der Waals surface area (Å²) < 4.78 is 179. The first-order valence-corrected chi connectivity index (χ1v) is 37.8. The summed E-state index contributed by atoms with van der Waals surface area (Å²) >= 11 is 0. The molecule has 2 atom stereocenters. The van der Waals surface area contributed by atoms with Crippen molar-refractivity contribution in [3.63, 3.8) is 0 Å². The molecule has 0 saturated carbocycles. The number of nitrogens with zero attached hydrogens (tertiary/aromatic N) is 2. The van der Waals surface area contributed by atoms with Crippen molar-refractivity contribution in [3.8, 4) is 67.5 Å². The van der Waals surface area contributed by atoms with E-state index in [0.717, 1.165) is 55.6 Å². The molecule has 0 saturated heterocycles. The lowest BCUT2D eigenvalue weighted by Crippen LogP contribution is -2.32. The number of hydrogen-bond acceptors (Lipinski definition) is 4. The molecule has 14 heteroatoms. The number of hydrogen-bond donors (Lipinski definition) is 0. The van der Waals surface area contributed by atoms with Crippen molar-refractivity contribution in [2.24, 2.45) is 0 Å². The van der Waals surface area contributed by atoms with Crippen LogP contribution >= 0.6 is 0 Å². The molecular weight excluding hydrogens is 1490 g/mol. The summed E-state index contributed by atoms with van der Waals surface area (Å²) in [5, 5.41) is 0. The summed E-state index contributed by atoms with van der Waals surface area (Å²) in [5.41, 5.74) is 8.00. The molecule has 0 radical (unpaired) electrons. The molecule has 2 unspecified atom stereocenters. The highest BCUT2D eigenvalue weighted by atomic mass is 19.2. The van der Waals surface area contributed by atoms with E-state index in [1.54, 1.807) is 170 Å². The fourth-order valence-electron chi connectivity index (χ4n) is 18.7. The van der Waals surface area contributed by atoms with Crippen LogP contribution < -0.4 is 19.3 Å². The first-order valence-electron chi connectivity index (χ1n) is 37.8. The quantitative estimate of drug-likeness (QED) is 0.0711. The largest absolute Gasteiger partial charge is 0.457 e. The van der Waals surface area contributed by atoms with Crippen molar-refractivity contribution in [1.82, 2.24) is 0 Å². The average Bonchev–Trinajstić information content (AvgIpc) is 1.49. The molecule has 20 rings (SSSR count). The van der Waals surface area contributed by atoms with Gasteiger partial charge in [-0.15, -0.1) is 0 Å². The van der Waals surface area contributed by atoms with Gasteiger partial charge in [0.2, 0.25) is 0 Å². The first kappa shape index (κ1) is 71.5. The standard InChI is InChI=1S/C103H60F10N2O2/c1-3-59-21-41-71(42-22-59)116-73-45-25-61(26-46-73)101(95-97(110)91(106)57-92(107)98(95)111)83-17-9-5-13-75(83)79-49-37-67(53-87(79)101)114(65-33-29-63(104)30-34-65)69-39-51-81-77-15-7-11-19-85(77)103(89(81)55-69)86-20-12-8-16-78(86)82-52-40-70(56-90(82)103)115(66-35-31-64(105)32-36-66)68-38-50-80-76-14-6-10-18-84(76)102(88(80)54-68,96-99(112)93(108)58-94(109)100(96)113)62-27-47-74(48-28-62)117-72-43-23-60(4-2)24-44-72/h3-58H,1-2H2. The summed E-state index contributed by atoms with van der Waals surface area (Å²) in [7, 11) is 0. The van der Waals surface area contributed by atoms with Crippen molar-refractivity contribution in [2.75, 3.05) is 9.80 Å². The third-order valence-corrected chi connectivity index (χ3v) is 23.6. The van der Waals surface area contributed by atoms with Gasteiger partial charge in [0, 0.05) is 57.4 Å². The second kappa shape index (κ2) is 27.4. The monoisotopic (exact) mass is 1550 g/mol. The van der Waals surface area contributed by atoms with E-state index < -0.39 is 85.5 Å². The van der Waals surface area contributed by atoms with Crippen LogP contribution in [0.4, 0.5) is 78.0 Å². The molecule has 0 aliphatic heterocycles. The predicted octanol–water partition coefficient (Wildman–Crippen LogP) is 28.0. The number of rotatable bonds is 16. The molecule has 0 heterocycles. The Labute approximate surface area is 666 Å². The lowest BCUT2D eigenvalue weighted by molar-refractivity contribution is 0.426. The van der Waals surface area contributed by atoms with Crippen molar-refractivity contribution in [2.45, 2.75) is 16.2 Å². The lowest BCUT2D eigenvalue weighted by Gasteiger charge is -2.36. The van der Waals surface area contributed by atoms with Crippen LogP contribution in [0, 0.1) is 58.2 Å². The zero-order chi connectivity index (χ0) is 79.9. The van der Waals surface area contributed by atoms with Crippen LogP contribution in [0.3, 0.4) is 0 Å². The number of anilines is 6. The van der Waals surface area contributed by atoms with E-state index in [1.165, 1.54) is 24.3 Å². The Hall–Kier alpha value is -14.5. The Kier molecular flexibility index (Phi) is 16.7. The highest BCUT2D eigenvalue weighted by molar-refractivity contribution is 5.99. The van der Waals surface area contributed by atoms with E-state index >= 15 is 43.9 Å². The number of ether oxygens (including phenoxy) is 2. The molecule has 564 valence electrons. The summed E-state index contributed by atoms with van der Waals surface area (Å²) in [6.45, 7) is 7.69. The Morgan fingerprint density at radius 1 is 0.231 bits per heavy atom. The van der Waals surface area contributed by atoms with Gasteiger partial charge in [0.1, 0.15) is 34.6 Å². The fourth-order valence-corrected chi connectivity index (χ4v) is 18.7. The van der Waals surface area contributed by atoms with Gasteiger partial charge in [-0.05, 0) is 257 Å². The van der Waals surface area contributed by atoms with Crippen LogP contribution in [0.1, 0.15) is 77.9 Å². The van der Waals surface area contributed by atoms with Crippen LogP contribution in [0.25, 0.3) is 56.7 Å². The Balaban J connectivity index is 0.782. The van der Waals surface area contributed by atoms with E-state index in [1.807, 2.05) is 107 Å². The summed E-state index contributed by atoms with van der Waals surface area (Å²) in [5.74, 6) is -12.2. The Morgan fingerprint density at radius 3 is 0.752 bits per heavy atom. The van der Waals surface area contributed by atoms with Gasteiger partial charge in [-0.25, -0.2) is 43.9 Å². The minimum absolute atomic E-state index is 0.199. The predicted molar refractivity (Wildman–Crippen MR) is 440 cm³/mol. The van der Waals surface area contributed by atoms with E-state index in [2.05, 4.69) is 49.6 Å². The van der Waals surface area contributed by atoms with Gasteiger partial charge in [-0.2, -0.15) is 0 Å². The maximum Gasteiger partial charge on any atom is 0.166 e. The molecule has 4 nitrogen and oxygen atoms in total. The smallest absolute Gasteiger partial charge is 0.166 e. The minimum Gasteiger partial charge on any atom is -0.457 e. The SMILES string of the molecule is C=Cc1ccc(Oc2ccc(C3(c4c(F)c(F)cc(F)c4F)c4ccccc4-c4ccc(N(c5ccc(F)cc5)c5ccc6c(c5)C5(c7ccccc7-6)c6ccccc6-c6ccc(N(c7ccc(F)cc7)c7ccc8c(c7)C(c7ccc(Oc9ccc(C=C)cc9)cc7)(c7c(F)c(F)cc(F)c7F)c7ccccc7-8)cc65)cc43)cc2)cc1. The van der Waals surface area contributed by atoms with Gasteiger partial charge in [0.05, 0.1) is 16.2 Å². The number of fused-ring (bicyclic) bond motifs is 16. The summed E-state index contributed by atoms with van der Waals surface area (Å²) in [4.78, 5) is 3.81. The molecule has 0 N–H and O–H groups in total. The molecule has 117 heavy (non-hydrogen) atoms. The highest BCUT2D eigenvalue weighted by Crippen LogP contribution is 2.66. The molecule has 4 aliphatic carbocycles. The average molecular weight is 1550 g/mol. The van der Waals surface area contributed by atoms with Gasteiger partial charge in [0.25, 0.3) is 0 Å². The number of halogens is 10. The zero-order valence-electron chi connectivity index (χ0n) is 61.7. The van der Waals surface area contributed by atoms with E-state index in [9.17, 15) is 0 Å². The van der Waals surface area contributed by atoms with Crippen LogP contribution in [-0.4, -0.2) is 0 Å². The van der Waals surface area contributed by atoms with Crippen molar-refractivity contribution in [3.05, 3.63) is 477 Å². The number of benzene rings is 16. The van der Waals surface area contributed by atoms with Gasteiger partial charge < -0.3 is 19.3 Å². The van der Waals surface area contributed by atoms with Crippen LogP contribution in [0.2, 0.25) is 0 Å². The Morgan fingerprint density at radius 2 is 0.470 bits per heavy atom. The highest BCUT2D eigenvalue weighted by Gasteiger charge is 2.55. The molecule has 0 aromatic heterocycles. The molecule has 0 bridgehead atoms. The maximum atomic E-state index is 17.6. The second-order valence-electron chi connectivity index (χ2n) is 29.5. The van der Waals surface area contributed by atoms with Crippen molar-refractivity contribution >= 4 is 46.3 Å². The topological polar surface area (TPSA) is 24.9 Å². The normalized spacial score (nSPS) is 15.9. The molecule has 0 amide bonds. The molecular formula is C103H60F10N2O2. The zero-order valence-corrected chi connectivity index (χ0v) is 61.7. The fraction of sp³-hybridized carbons (Fsp3) is 0.0291. The van der Waals surface area contributed by atoms with Crippen LogP contribution in [0.15, 0.2) is 341 Å². The summed E-state index contributed by atoms with van der Waals surface area (Å²) in [6, 6.07) is 92.8. The van der Waals surface area contributed by atoms with E-state index in [-0.39, 0.29) is 34.4 Å². The van der Waals surface area contributed by atoms with Gasteiger partial charge in [-0.3, -0.25) is 0 Å². The molecule has 4 aliphatic rings. The van der Waals surface area contributed by atoms with Crippen molar-refractivity contribution in [1.29, 1.82) is 0 Å². The lowest BCUT2D eigenvalue weighted by atomic mass is 9.67. The van der Waals surface area contributed by atoms with Crippen LogP contribution in [0.5, 0.6) is 23.0 Å². The molecule has 1 spiro atoms. The van der Waals surface area contributed by atoms with E-state index in [0.29, 0.717) is 90.5 Å². The molecule has 0 fully saturated rings. The first-order chi connectivity index (χ1) is 57.0. The minimum atomic E-state index is -2.11. The third kappa shape index (κ3) is 10.8. The van der Waals surface area contributed by atoms with Crippen molar-refractivity contribution < 1.29 is 53.4 Å². The third-order valence-electron chi connectivity index (χ3n) is 23.6. The maximum absolute atomic E-state index is 17.6. The Bertz CT molecular complexity index is 6350. The van der Waals surface area contributed by atoms with Crippen LogP contribution in [-0.2, 0) is 16.2 Å². The summed E-state index contributed by atoms with van der Waals surface area (Å²) in [6.07, 6.45) is 3.39. The molecule has 16 aromatic carbocycles. The second-order valence-corrected chi connectivity index (χ2v) is 29.5. The van der Waals surface area contributed by atoms with Gasteiger partial charge >= 0.3 is 0 Å².